The van der Waals surface area contributed by atoms with Crippen LogP contribution < -0.4 is 4.90 Å². The maximum absolute atomic E-state index is 13.3. The summed E-state index contributed by atoms with van der Waals surface area (Å²) < 4.78 is 19.2. The Hall–Kier alpha value is -3.00. The summed E-state index contributed by atoms with van der Waals surface area (Å²) in [6.45, 7) is 1.26. The molecule has 2 saturated heterocycles. The van der Waals surface area contributed by atoms with E-state index in [9.17, 15) is 19.1 Å². The summed E-state index contributed by atoms with van der Waals surface area (Å²) in [7, 11) is 0. The van der Waals surface area contributed by atoms with E-state index in [4.69, 9.17) is 4.74 Å². The average molecular weight is 399 g/mol. The zero-order chi connectivity index (χ0) is 20.4. The topological polar surface area (TPSA) is 83.0 Å². The van der Waals surface area contributed by atoms with Crippen molar-refractivity contribution >= 4 is 17.5 Å². The van der Waals surface area contributed by atoms with Crippen molar-refractivity contribution in [2.24, 2.45) is 0 Å². The first-order chi connectivity index (χ1) is 14.0. The summed E-state index contributed by atoms with van der Waals surface area (Å²) >= 11 is 0. The number of morpholine rings is 1. The van der Waals surface area contributed by atoms with Gasteiger partial charge in [-0.05, 0) is 55.7 Å². The summed E-state index contributed by atoms with van der Waals surface area (Å²) in [5.74, 6) is -0.982. The number of nitrogens with zero attached hydrogens (tertiary/aromatic N) is 3. The molecule has 2 amide bonds. The van der Waals surface area contributed by atoms with Crippen LogP contribution in [0.1, 0.15) is 29.8 Å². The minimum atomic E-state index is -0.566. The molecule has 8 heteroatoms. The first kappa shape index (κ1) is 19.3. The molecule has 7 nitrogen and oxygen atoms in total. The highest BCUT2D eigenvalue weighted by Crippen LogP contribution is 2.33. The van der Waals surface area contributed by atoms with Crippen molar-refractivity contribution in [2.75, 3.05) is 31.1 Å². The maximum atomic E-state index is 13.3. The molecule has 1 N–H and O–H groups in total. The van der Waals surface area contributed by atoms with Crippen molar-refractivity contribution < 1.29 is 23.8 Å². The number of hydrogen-bond acceptors (Lipinski definition) is 5. The Labute approximate surface area is 167 Å². The number of hydrogen-bond donors (Lipinski definition) is 1. The van der Waals surface area contributed by atoms with E-state index in [2.05, 4.69) is 4.98 Å². The Kier molecular flexibility index (Phi) is 5.19. The van der Waals surface area contributed by atoms with Crippen molar-refractivity contribution in [3.63, 3.8) is 0 Å². The molecule has 3 heterocycles. The van der Waals surface area contributed by atoms with Gasteiger partial charge >= 0.3 is 0 Å². The Morgan fingerprint density at radius 2 is 1.97 bits per heavy atom. The van der Waals surface area contributed by atoms with Crippen LogP contribution in [0, 0.1) is 5.82 Å². The molecule has 4 rings (SSSR count). The fourth-order valence-electron chi connectivity index (χ4n) is 3.96. The van der Waals surface area contributed by atoms with Crippen LogP contribution in [0.2, 0.25) is 0 Å². The van der Waals surface area contributed by atoms with Crippen molar-refractivity contribution in [3.8, 4) is 5.75 Å². The summed E-state index contributed by atoms with van der Waals surface area (Å²) in [5, 5.41) is 9.93. The van der Waals surface area contributed by atoms with Gasteiger partial charge in [0, 0.05) is 25.0 Å². The van der Waals surface area contributed by atoms with Crippen LogP contribution >= 0.6 is 0 Å². The molecule has 0 bridgehead atoms. The second kappa shape index (κ2) is 7.79. The van der Waals surface area contributed by atoms with Gasteiger partial charge in [-0.2, -0.15) is 0 Å². The molecule has 152 valence electrons. The van der Waals surface area contributed by atoms with Crippen molar-refractivity contribution in [2.45, 2.75) is 24.9 Å². The highest BCUT2D eigenvalue weighted by atomic mass is 19.1. The number of amides is 2. The lowest BCUT2D eigenvalue weighted by molar-refractivity contribution is -0.140. The molecule has 2 aliphatic rings. The number of aromatic nitrogens is 1. The molecule has 1 aromatic carbocycles. The standard InChI is InChI=1S/C21H22FN3O4/c22-15-4-6-16(7-5-15)25-14-21(29-13-18(25)27)8-2-11-24(12-9-21)20(28)19-17(26)3-1-10-23-19/h1,3-7,10,26H,2,8-9,11-14H2. The number of rotatable bonds is 2. The van der Waals surface area contributed by atoms with Crippen LogP contribution in [0.15, 0.2) is 42.6 Å². The number of anilines is 1. The molecule has 0 saturated carbocycles. The molecule has 2 aliphatic heterocycles. The van der Waals surface area contributed by atoms with Gasteiger partial charge in [-0.3, -0.25) is 9.59 Å². The first-order valence-electron chi connectivity index (χ1n) is 9.61. The second-order valence-corrected chi connectivity index (χ2v) is 7.44. The lowest BCUT2D eigenvalue weighted by atomic mass is 9.92. The van der Waals surface area contributed by atoms with Crippen molar-refractivity contribution in [3.05, 3.63) is 54.1 Å². The van der Waals surface area contributed by atoms with E-state index >= 15 is 0 Å². The van der Waals surface area contributed by atoms with Crippen LogP contribution in [0.5, 0.6) is 5.75 Å². The van der Waals surface area contributed by atoms with Gasteiger partial charge < -0.3 is 19.6 Å². The third-order valence-electron chi connectivity index (χ3n) is 5.56. The van der Waals surface area contributed by atoms with Gasteiger partial charge in [-0.1, -0.05) is 0 Å². The van der Waals surface area contributed by atoms with Crippen LogP contribution in [-0.2, 0) is 9.53 Å². The van der Waals surface area contributed by atoms with Gasteiger partial charge in [0.1, 0.15) is 18.2 Å². The molecular weight excluding hydrogens is 377 g/mol. The third-order valence-corrected chi connectivity index (χ3v) is 5.56. The predicted molar refractivity (Wildman–Crippen MR) is 103 cm³/mol. The van der Waals surface area contributed by atoms with E-state index in [1.165, 1.54) is 24.4 Å². The van der Waals surface area contributed by atoms with Gasteiger partial charge in [-0.25, -0.2) is 9.37 Å². The number of carbonyl (C=O) groups excluding carboxylic acids is 2. The zero-order valence-electron chi connectivity index (χ0n) is 15.9. The zero-order valence-corrected chi connectivity index (χ0v) is 15.9. The maximum Gasteiger partial charge on any atom is 0.276 e. The Balaban J connectivity index is 1.49. The number of aromatic hydroxyl groups is 1. The second-order valence-electron chi connectivity index (χ2n) is 7.44. The van der Waals surface area contributed by atoms with E-state index in [1.807, 2.05) is 0 Å². The Bertz CT molecular complexity index is 920. The smallest absolute Gasteiger partial charge is 0.276 e. The van der Waals surface area contributed by atoms with Crippen LogP contribution in [-0.4, -0.2) is 58.6 Å². The number of pyridine rings is 1. The van der Waals surface area contributed by atoms with Crippen LogP contribution in [0.3, 0.4) is 0 Å². The van der Waals surface area contributed by atoms with Crippen LogP contribution in [0.4, 0.5) is 10.1 Å². The quantitative estimate of drug-likeness (QED) is 0.838. The molecule has 1 spiro atoms. The molecule has 2 fully saturated rings. The van der Waals surface area contributed by atoms with Gasteiger partial charge in [0.05, 0.1) is 12.1 Å². The number of benzene rings is 1. The monoisotopic (exact) mass is 399 g/mol. The molecule has 0 aliphatic carbocycles. The normalized spacial score (nSPS) is 22.6. The summed E-state index contributed by atoms with van der Waals surface area (Å²) in [5.41, 5.74) is 0.106. The van der Waals surface area contributed by atoms with E-state index in [1.54, 1.807) is 28.0 Å². The molecule has 1 atom stereocenters. The Morgan fingerprint density at radius 3 is 2.72 bits per heavy atom. The lowest BCUT2D eigenvalue weighted by Gasteiger charge is -2.42. The lowest BCUT2D eigenvalue weighted by Crippen LogP contribution is -2.55. The number of ether oxygens (including phenoxy) is 1. The fourth-order valence-corrected chi connectivity index (χ4v) is 3.96. The van der Waals surface area contributed by atoms with Gasteiger partial charge in [0.15, 0.2) is 5.69 Å². The third kappa shape index (κ3) is 3.93. The van der Waals surface area contributed by atoms with Gasteiger partial charge in [0.25, 0.3) is 11.8 Å². The van der Waals surface area contributed by atoms with E-state index in [-0.39, 0.29) is 35.7 Å². The largest absolute Gasteiger partial charge is 0.505 e. The predicted octanol–water partition coefficient (Wildman–Crippen LogP) is 2.35. The molecule has 2 aromatic rings. The highest BCUT2D eigenvalue weighted by Gasteiger charge is 2.42. The number of likely N-dealkylation sites (tertiary alicyclic amines) is 1. The minimum absolute atomic E-state index is 0.0381. The SMILES string of the molecule is O=C(c1ncccc1O)N1CCCC2(CC1)CN(c1ccc(F)cc1)C(=O)CO2. The average Bonchev–Trinajstić information content (AvgIpc) is 2.93. The summed E-state index contributed by atoms with van der Waals surface area (Å²) in [4.78, 5) is 32.5. The summed E-state index contributed by atoms with van der Waals surface area (Å²) in [6, 6.07) is 8.84. The Morgan fingerprint density at radius 1 is 1.17 bits per heavy atom. The number of halogens is 1. The summed E-state index contributed by atoms with van der Waals surface area (Å²) in [6.07, 6.45) is 3.42. The van der Waals surface area contributed by atoms with Crippen molar-refractivity contribution in [1.82, 2.24) is 9.88 Å². The first-order valence-corrected chi connectivity index (χ1v) is 9.61. The van der Waals surface area contributed by atoms with Gasteiger partial charge in [0.2, 0.25) is 0 Å². The molecule has 29 heavy (non-hydrogen) atoms. The molecule has 0 radical (unpaired) electrons. The highest BCUT2D eigenvalue weighted by molar-refractivity contribution is 5.95. The van der Waals surface area contributed by atoms with Crippen molar-refractivity contribution in [1.29, 1.82) is 0 Å². The van der Waals surface area contributed by atoms with E-state index < -0.39 is 5.60 Å². The minimum Gasteiger partial charge on any atom is -0.505 e. The van der Waals surface area contributed by atoms with E-state index in [0.29, 0.717) is 44.6 Å². The van der Waals surface area contributed by atoms with Crippen LogP contribution in [0.25, 0.3) is 0 Å². The molecular formula is C21H22FN3O4. The van der Waals surface area contributed by atoms with E-state index in [0.717, 1.165) is 0 Å². The molecule has 1 unspecified atom stereocenters. The molecule has 1 aromatic heterocycles. The number of carbonyl (C=O) groups is 2. The van der Waals surface area contributed by atoms with Gasteiger partial charge in [-0.15, -0.1) is 0 Å². The fraction of sp³-hybridized carbons (Fsp3) is 0.381.